The van der Waals surface area contributed by atoms with E-state index in [2.05, 4.69) is 67.8 Å². The number of nitrogens with one attached hydrogen (secondary N) is 1. The van der Waals surface area contributed by atoms with Crippen molar-refractivity contribution in [1.29, 1.82) is 0 Å². The van der Waals surface area contributed by atoms with Crippen molar-refractivity contribution in [3.05, 3.63) is 60.8 Å². The van der Waals surface area contributed by atoms with Crippen molar-refractivity contribution >= 4 is 25.7 Å². The first kappa shape index (κ1) is 53.2. The monoisotopic (exact) mass is 810 g/mol. The summed E-state index contributed by atoms with van der Waals surface area (Å²) >= 11 is 0. The number of carboxylic acid groups (broad SMARTS) is 1. The summed E-state index contributed by atoms with van der Waals surface area (Å²) in [6, 6.07) is -1.55. The number of ether oxygens (including phenoxy) is 1. The number of hydrogen-bond donors (Lipinski definition) is 4. The fraction of sp³-hybridized carbons (Fsp3) is 0.705. The van der Waals surface area contributed by atoms with Gasteiger partial charge in [0.15, 0.2) is 6.04 Å². The summed E-state index contributed by atoms with van der Waals surface area (Å²) in [6.45, 7) is 2.41. The van der Waals surface area contributed by atoms with E-state index in [1.807, 2.05) is 12.2 Å². The predicted octanol–water partition coefficient (Wildman–Crippen LogP) is 10.8. The number of carbonyl (C=O) groups is 3. The zero-order chi connectivity index (χ0) is 41.4. The number of carboxylic acids is 1. The smallest absolute Gasteiger partial charge is 0.472 e. The number of amides is 1. The van der Waals surface area contributed by atoms with Gasteiger partial charge in [0, 0.05) is 12.8 Å². The van der Waals surface area contributed by atoms with Crippen molar-refractivity contribution in [1.82, 2.24) is 5.32 Å². The number of aliphatic carboxylic acids is 1. The van der Waals surface area contributed by atoms with Crippen LogP contribution in [0.25, 0.3) is 0 Å². The first-order valence-corrected chi connectivity index (χ1v) is 22.8. The minimum Gasteiger partial charge on any atom is -0.480 e. The molecule has 0 heterocycles. The van der Waals surface area contributed by atoms with Crippen molar-refractivity contribution in [3.63, 3.8) is 0 Å². The Hall–Kier alpha value is -2.82. The number of rotatable bonds is 39. The Morgan fingerprint density at radius 1 is 0.589 bits per heavy atom. The number of allylic oxidation sites excluding steroid dienone is 10. The van der Waals surface area contributed by atoms with Gasteiger partial charge >= 0.3 is 19.8 Å². The van der Waals surface area contributed by atoms with Crippen LogP contribution in [0.1, 0.15) is 168 Å². The lowest BCUT2D eigenvalue weighted by atomic mass is 10.0. The SMILES string of the molecule is CC/C=C\C/C=C\C/C=C\C/C=C\C/C=C\CCCC(=O)OCC(O)COP(=O)(O)OCC(NC(=O)CCCCCCCCCCCCCCCCC)C(=O)O. The summed E-state index contributed by atoms with van der Waals surface area (Å²) in [5.41, 5.74) is 0. The second-order valence-corrected chi connectivity index (χ2v) is 15.6. The first-order valence-electron chi connectivity index (χ1n) is 21.3. The standard InChI is InChI=1S/C44H76NO10P/c1-3-5-7-9-11-13-15-17-19-20-22-24-26-28-30-32-34-36-43(48)53-37-40(46)38-54-56(51,52)55-39-41(44(49)50)45-42(47)35-33-31-29-27-25-23-21-18-16-14-12-10-8-6-4-2/h5,7,11,13,17,19,22,24,28,30,40-41,46H,3-4,6,8-10,12,14-16,18,20-21,23,25-27,29,31-39H2,1-2H3,(H,45,47)(H,49,50)(H,51,52)/b7-5-,13-11-,19-17-,24-22-,30-28-. The molecule has 0 bridgehead atoms. The van der Waals surface area contributed by atoms with Crippen molar-refractivity contribution in [2.45, 2.75) is 180 Å². The lowest BCUT2D eigenvalue weighted by Gasteiger charge is -2.18. The van der Waals surface area contributed by atoms with E-state index in [4.69, 9.17) is 13.8 Å². The molecule has 3 atom stereocenters. The van der Waals surface area contributed by atoms with Gasteiger partial charge in [0.2, 0.25) is 5.91 Å². The summed E-state index contributed by atoms with van der Waals surface area (Å²) < 4.78 is 26.8. The lowest BCUT2D eigenvalue weighted by molar-refractivity contribution is -0.147. The second-order valence-electron chi connectivity index (χ2n) is 14.2. The molecule has 11 nitrogen and oxygen atoms in total. The van der Waals surface area contributed by atoms with Crippen LogP contribution in [0.4, 0.5) is 0 Å². The summed E-state index contributed by atoms with van der Waals surface area (Å²) in [7, 11) is -4.77. The molecule has 12 heteroatoms. The highest BCUT2D eigenvalue weighted by molar-refractivity contribution is 7.47. The van der Waals surface area contributed by atoms with E-state index < -0.39 is 57.6 Å². The second kappa shape index (κ2) is 39.0. The van der Waals surface area contributed by atoms with Crippen LogP contribution in [-0.4, -0.2) is 64.9 Å². The van der Waals surface area contributed by atoms with Crippen LogP contribution in [0.15, 0.2) is 60.8 Å². The van der Waals surface area contributed by atoms with Crippen LogP contribution in [0.2, 0.25) is 0 Å². The molecule has 56 heavy (non-hydrogen) atoms. The van der Waals surface area contributed by atoms with Crippen LogP contribution in [-0.2, 0) is 32.7 Å². The highest BCUT2D eigenvalue weighted by Gasteiger charge is 2.28. The minimum absolute atomic E-state index is 0.142. The molecule has 4 N–H and O–H groups in total. The van der Waals surface area contributed by atoms with E-state index in [0.717, 1.165) is 51.4 Å². The van der Waals surface area contributed by atoms with E-state index in [1.54, 1.807) is 0 Å². The van der Waals surface area contributed by atoms with Gasteiger partial charge < -0.3 is 25.2 Å². The van der Waals surface area contributed by atoms with Gasteiger partial charge in [-0.3, -0.25) is 18.6 Å². The van der Waals surface area contributed by atoms with Gasteiger partial charge in [-0.2, -0.15) is 0 Å². The zero-order valence-corrected chi connectivity index (χ0v) is 35.6. The Balaban J connectivity index is 3.99. The molecule has 0 fully saturated rings. The molecule has 0 saturated heterocycles. The van der Waals surface area contributed by atoms with Crippen molar-refractivity contribution in [2.24, 2.45) is 0 Å². The normalized spacial score (nSPS) is 14.4. The summed E-state index contributed by atoms with van der Waals surface area (Å²) in [6.07, 6.45) is 43.9. The van der Waals surface area contributed by atoms with Crippen molar-refractivity contribution < 1.29 is 47.8 Å². The van der Waals surface area contributed by atoms with Gasteiger partial charge in [-0.1, -0.05) is 164 Å². The number of carbonyl (C=O) groups excluding carboxylic acids is 2. The average Bonchev–Trinajstić information content (AvgIpc) is 3.17. The molecule has 0 rings (SSSR count). The molecule has 0 aliphatic rings. The Morgan fingerprint density at radius 3 is 1.52 bits per heavy atom. The molecule has 0 aliphatic carbocycles. The summed E-state index contributed by atoms with van der Waals surface area (Å²) in [5.74, 6) is -2.44. The number of esters is 1. The summed E-state index contributed by atoms with van der Waals surface area (Å²) in [4.78, 5) is 45.8. The highest BCUT2D eigenvalue weighted by atomic mass is 31.2. The minimum atomic E-state index is -4.77. The van der Waals surface area contributed by atoms with Crippen LogP contribution < -0.4 is 5.32 Å². The molecular formula is C44H76NO10P. The Kier molecular flexibility index (Phi) is 37.1. The molecule has 322 valence electrons. The number of aliphatic hydroxyl groups is 1. The van der Waals surface area contributed by atoms with Gasteiger partial charge in [-0.15, -0.1) is 0 Å². The van der Waals surface area contributed by atoms with Gasteiger partial charge in [0.05, 0.1) is 13.2 Å². The maximum atomic E-state index is 12.3. The quantitative estimate of drug-likeness (QED) is 0.0203. The molecule has 0 radical (unpaired) electrons. The molecule has 0 spiro atoms. The molecule has 1 amide bonds. The number of phosphoric ester groups is 1. The molecule has 0 aliphatic heterocycles. The maximum absolute atomic E-state index is 12.3. The van der Waals surface area contributed by atoms with Crippen LogP contribution in [0.5, 0.6) is 0 Å². The number of unbranched alkanes of at least 4 members (excludes halogenated alkanes) is 15. The Labute approximate surface area is 338 Å². The van der Waals surface area contributed by atoms with E-state index in [1.165, 1.54) is 70.6 Å². The molecule has 0 aromatic rings. The number of aliphatic hydroxyl groups excluding tert-OH is 1. The fourth-order valence-corrected chi connectivity index (χ4v) is 6.30. The molecule has 0 saturated carbocycles. The average molecular weight is 810 g/mol. The number of hydrogen-bond acceptors (Lipinski definition) is 8. The van der Waals surface area contributed by atoms with Gasteiger partial charge in [-0.25, -0.2) is 9.36 Å². The van der Waals surface area contributed by atoms with Crippen molar-refractivity contribution in [3.8, 4) is 0 Å². The zero-order valence-electron chi connectivity index (χ0n) is 34.7. The predicted molar refractivity (Wildman–Crippen MR) is 226 cm³/mol. The van der Waals surface area contributed by atoms with E-state index in [0.29, 0.717) is 19.3 Å². The third kappa shape index (κ3) is 38.1. The van der Waals surface area contributed by atoms with E-state index >= 15 is 0 Å². The topological polar surface area (TPSA) is 169 Å². The molecule has 0 aromatic carbocycles. The fourth-order valence-electron chi connectivity index (χ4n) is 5.53. The Bertz CT molecular complexity index is 1180. The first-order chi connectivity index (χ1) is 27.1. The van der Waals surface area contributed by atoms with Crippen LogP contribution in [0.3, 0.4) is 0 Å². The highest BCUT2D eigenvalue weighted by Crippen LogP contribution is 2.43. The third-order valence-corrected chi connectivity index (χ3v) is 9.77. The van der Waals surface area contributed by atoms with E-state index in [9.17, 15) is 34.1 Å². The number of phosphoric acid groups is 1. The molecular weight excluding hydrogens is 733 g/mol. The van der Waals surface area contributed by atoms with E-state index in [-0.39, 0.29) is 12.8 Å². The lowest BCUT2D eigenvalue weighted by Crippen LogP contribution is -2.43. The van der Waals surface area contributed by atoms with Gasteiger partial charge in [0.1, 0.15) is 12.7 Å². The summed E-state index contributed by atoms with van der Waals surface area (Å²) in [5, 5.41) is 21.8. The van der Waals surface area contributed by atoms with Crippen molar-refractivity contribution in [2.75, 3.05) is 19.8 Å². The maximum Gasteiger partial charge on any atom is 0.472 e. The third-order valence-electron chi connectivity index (χ3n) is 8.82. The largest absolute Gasteiger partial charge is 0.480 e. The molecule has 0 aromatic heterocycles. The van der Waals surface area contributed by atoms with Gasteiger partial charge in [0.25, 0.3) is 0 Å². The Morgan fingerprint density at radius 2 is 1.04 bits per heavy atom. The van der Waals surface area contributed by atoms with Crippen LogP contribution >= 0.6 is 7.82 Å². The molecule has 3 unspecified atom stereocenters. The van der Waals surface area contributed by atoms with Crippen LogP contribution in [0, 0.1) is 0 Å². The van der Waals surface area contributed by atoms with Gasteiger partial charge in [-0.05, 0) is 51.4 Å².